The Morgan fingerprint density at radius 2 is 2.28 bits per heavy atom. The fraction of sp³-hybridized carbons (Fsp3) is 0.500. The summed E-state index contributed by atoms with van der Waals surface area (Å²) in [7, 11) is 2.95. The van der Waals surface area contributed by atoms with Crippen molar-refractivity contribution in [3.63, 3.8) is 0 Å². The summed E-state index contributed by atoms with van der Waals surface area (Å²) >= 11 is 0. The smallest absolute Gasteiger partial charge is 0.341 e. The molecule has 1 heterocycles. The number of nitrogens with zero attached hydrogens (tertiary/aromatic N) is 1. The third kappa shape index (κ3) is 3.59. The zero-order chi connectivity index (χ0) is 13.5. The molecule has 0 aliphatic heterocycles. The fourth-order valence-electron chi connectivity index (χ4n) is 1.52. The minimum atomic E-state index is -0.468. The van der Waals surface area contributed by atoms with Crippen molar-refractivity contribution >= 4 is 17.5 Å². The van der Waals surface area contributed by atoms with Crippen molar-refractivity contribution in [2.75, 3.05) is 31.9 Å². The molecular formula is C12H19N3O3. The van der Waals surface area contributed by atoms with Crippen molar-refractivity contribution in [1.29, 1.82) is 0 Å². The third-order valence-electron chi connectivity index (χ3n) is 2.52. The lowest BCUT2D eigenvalue weighted by molar-refractivity contribution is 0.0601. The molecule has 1 aromatic heterocycles. The van der Waals surface area contributed by atoms with Gasteiger partial charge in [-0.2, -0.15) is 0 Å². The lowest BCUT2D eigenvalue weighted by Crippen LogP contribution is -2.26. The number of esters is 1. The van der Waals surface area contributed by atoms with Gasteiger partial charge in [-0.05, 0) is 12.5 Å². The van der Waals surface area contributed by atoms with Crippen LogP contribution in [0.4, 0.5) is 11.5 Å². The van der Waals surface area contributed by atoms with Gasteiger partial charge in [0.25, 0.3) is 0 Å². The van der Waals surface area contributed by atoms with E-state index in [4.69, 9.17) is 15.2 Å². The molecule has 0 saturated carbocycles. The number of hydrogen-bond acceptors (Lipinski definition) is 6. The Morgan fingerprint density at radius 1 is 1.56 bits per heavy atom. The maximum absolute atomic E-state index is 11.6. The molecule has 1 unspecified atom stereocenters. The van der Waals surface area contributed by atoms with Crippen LogP contribution in [0.1, 0.15) is 23.7 Å². The van der Waals surface area contributed by atoms with Gasteiger partial charge in [0, 0.05) is 7.11 Å². The average molecular weight is 253 g/mol. The summed E-state index contributed by atoms with van der Waals surface area (Å²) in [4.78, 5) is 15.7. The first-order chi connectivity index (χ1) is 8.62. The average Bonchev–Trinajstić information content (AvgIpc) is 2.39. The van der Waals surface area contributed by atoms with Crippen molar-refractivity contribution in [3.8, 4) is 0 Å². The molecule has 6 heteroatoms. The minimum absolute atomic E-state index is 0.0783. The summed E-state index contributed by atoms with van der Waals surface area (Å²) in [5.41, 5.74) is 6.36. The Kier molecular flexibility index (Phi) is 5.38. The summed E-state index contributed by atoms with van der Waals surface area (Å²) < 4.78 is 9.79. The molecule has 1 rings (SSSR count). The van der Waals surface area contributed by atoms with Gasteiger partial charge in [0.15, 0.2) is 0 Å². The molecule has 0 amide bonds. The largest absolute Gasteiger partial charge is 0.465 e. The van der Waals surface area contributed by atoms with Crippen LogP contribution < -0.4 is 11.1 Å². The lowest BCUT2D eigenvalue weighted by Gasteiger charge is -2.18. The zero-order valence-electron chi connectivity index (χ0n) is 10.9. The van der Waals surface area contributed by atoms with Crippen LogP contribution in [-0.4, -0.2) is 37.8 Å². The van der Waals surface area contributed by atoms with Crippen molar-refractivity contribution in [1.82, 2.24) is 4.98 Å². The van der Waals surface area contributed by atoms with E-state index in [1.165, 1.54) is 13.3 Å². The van der Waals surface area contributed by atoms with E-state index < -0.39 is 5.97 Å². The first-order valence-electron chi connectivity index (χ1n) is 5.71. The molecule has 3 N–H and O–H groups in total. The van der Waals surface area contributed by atoms with Gasteiger partial charge in [-0.25, -0.2) is 9.78 Å². The first-order valence-corrected chi connectivity index (χ1v) is 5.71. The van der Waals surface area contributed by atoms with E-state index in [9.17, 15) is 4.79 Å². The summed E-state index contributed by atoms with van der Waals surface area (Å²) in [5.74, 6) is -0.00970. The highest BCUT2D eigenvalue weighted by atomic mass is 16.5. The number of carbonyl (C=O) groups excluding carboxylic acids is 1. The summed E-state index contributed by atoms with van der Waals surface area (Å²) in [6.07, 6.45) is 2.34. The van der Waals surface area contributed by atoms with Gasteiger partial charge in [-0.3, -0.25) is 0 Å². The maximum Gasteiger partial charge on any atom is 0.341 e. The molecular weight excluding hydrogens is 234 g/mol. The van der Waals surface area contributed by atoms with Gasteiger partial charge in [-0.1, -0.05) is 6.92 Å². The Bertz CT molecular complexity index is 410. The van der Waals surface area contributed by atoms with Gasteiger partial charge in [0.2, 0.25) is 0 Å². The molecule has 18 heavy (non-hydrogen) atoms. The van der Waals surface area contributed by atoms with E-state index in [0.717, 1.165) is 6.42 Å². The monoisotopic (exact) mass is 253 g/mol. The molecule has 0 bridgehead atoms. The number of anilines is 2. The van der Waals surface area contributed by atoms with Crippen LogP contribution in [0.3, 0.4) is 0 Å². The molecule has 0 aromatic carbocycles. The SMILES string of the molecule is CCC(COC)Nc1ncc(N)cc1C(=O)OC. The number of nitrogens with two attached hydrogens (primary N) is 1. The second kappa shape index (κ2) is 6.80. The van der Waals surface area contributed by atoms with Crippen LogP contribution in [0.5, 0.6) is 0 Å². The number of aromatic nitrogens is 1. The van der Waals surface area contributed by atoms with Gasteiger partial charge in [0.05, 0.1) is 31.6 Å². The van der Waals surface area contributed by atoms with E-state index in [2.05, 4.69) is 10.3 Å². The second-order valence-corrected chi connectivity index (χ2v) is 3.86. The molecule has 6 nitrogen and oxygen atoms in total. The molecule has 0 fully saturated rings. The molecule has 1 atom stereocenters. The Morgan fingerprint density at radius 3 is 2.83 bits per heavy atom. The van der Waals surface area contributed by atoms with Gasteiger partial charge >= 0.3 is 5.97 Å². The molecule has 0 aliphatic carbocycles. The van der Waals surface area contributed by atoms with Crippen LogP contribution in [0, 0.1) is 0 Å². The number of pyridine rings is 1. The molecule has 0 saturated heterocycles. The second-order valence-electron chi connectivity index (χ2n) is 3.86. The maximum atomic E-state index is 11.6. The van der Waals surface area contributed by atoms with E-state index >= 15 is 0 Å². The Labute approximate surface area is 106 Å². The Hall–Kier alpha value is -1.82. The van der Waals surface area contributed by atoms with Crippen LogP contribution in [0.25, 0.3) is 0 Å². The van der Waals surface area contributed by atoms with Gasteiger partial charge < -0.3 is 20.5 Å². The van der Waals surface area contributed by atoms with Crippen LogP contribution in [0.2, 0.25) is 0 Å². The zero-order valence-corrected chi connectivity index (χ0v) is 10.9. The van der Waals surface area contributed by atoms with Crippen molar-refractivity contribution in [2.24, 2.45) is 0 Å². The van der Waals surface area contributed by atoms with E-state index in [-0.39, 0.29) is 6.04 Å². The first kappa shape index (κ1) is 14.2. The molecule has 1 aromatic rings. The standard InChI is InChI=1S/C12H19N3O3/c1-4-9(7-17-2)15-11-10(12(16)18-3)5-8(13)6-14-11/h5-6,9H,4,7,13H2,1-3H3,(H,14,15). The summed E-state index contributed by atoms with van der Waals surface area (Å²) in [6.45, 7) is 2.55. The number of hydrogen-bond donors (Lipinski definition) is 2. The number of methoxy groups -OCH3 is 2. The lowest BCUT2D eigenvalue weighted by atomic mass is 10.2. The topological polar surface area (TPSA) is 86.5 Å². The number of nitrogens with one attached hydrogen (secondary N) is 1. The fourth-order valence-corrected chi connectivity index (χ4v) is 1.52. The van der Waals surface area contributed by atoms with Crippen molar-refractivity contribution < 1.29 is 14.3 Å². The normalized spacial score (nSPS) is 11.9. The molecule has 100 valence electrons. The highest BCUT2D eigenvalue weighted by Crippen LogP contribution is 2.18. The third-order valence-corrected chi connectivity index (χ3v) is 2.52. The van der Waals surface area contributed by atoms with E-state index in [0.29, 0.717) is 23.7 Å². The van der Waals surface area contributed by atoms with Crippen LogP contribution in [-0.2, 0) is 9.47 Å². The van der Waals surface area contributed by atoms with E-state index in [1.54, 1.807) is 13.2 Å². The van der Waals surface area contributed by atoms with Gasteiger partial charge in [0.1, 0.15) is 11.4 Å². The Balaban J connectivity index is 2.96. The summed E-state index contributed by atoms with van der Waals surface area (Å²) in [5, 5.41) is 3.15. The quantitative estimate of drug-likeness (QED) is 0.743. The number of carbonyl (C=O) groups is 1. The van der Waals surface area contributed by atoms with Gasteiger partial charge in [-0.15, -0.1) is 0 Å². The molecule has 0 aliphatic rings. The van der Waals surface area contributed by atoms with E-state index in [1.807, 2.05) is 6.92 Å². The van der Waals surface area contributed by atoms with Crippen molar-refractivity contribution in [2.45, 2.75) is 19.4 Å². The molecule has 0 spiro atoms. The predicted molar refractivity (Wildman–Crippen MR) is 69.6 cm³/mol. The van der Waals surface area contributed by atoms with Crippen LogP contribution in [0.15, 0.2) is 12.3 Å². The van der Waals surface area contributed by atoms with Crippen molar-refractivity contribution in [3.05, 3.63) is 17.8 Å². The number of ether oxygens (including phenoxy) is 2. The highest BCUT2D eigenvalue weighted by Gasteiger charge is 2.16. The summed E-state index contributed by atoms with van der Waals surface area (Å²) in [6, 6.07) is 1.62. The molecule has 0 radical (unpaired) electrons. The highest BCUT2D eigenvalue weighted by molar-refractivity contribution is 5.95. The predicted octanol–water partition coefficient (Wildman–Crippen LogP) is 1.29. The van der Waals surface area contributed by atoms with Crippen LogP contribution >= 0.6 is 0 Å². The number of rotatable bonds is 6. The number of nitrogen functional groups attached to an aromatic ring is 1. The minimum Gasteiger partial charge on any atom is -0.465 e.